The van der Waals surface area contributed by atoms with E-state index in [1.165, 1.54) is 23.6 Å². The van der Waals surface area contributed by atoms with Gasteiger partial charge in [-0.2, -0.15) is 5.10 Å². The largest absolute Gasteiger partial charge is 0.479 e. The second-order valence-electron chi connectivity index (χ2n) is 6.07. The highest BCUT2D eigenvalue weighted by molar-refractivity contribution is 7.98. The highest BCUT2D eigenvalue weighted by Crippen LogP contribution is 2.23. The second-order valence-corrected chi connectivity index (χ2v) is 6.84. The fourth-order valence-corrected chi connectivity index (χ4v) is 3.10. The minimum Gasteiger partial charge on any atom is -0.479 e. The van der Waals surface area contributed by atoms with E-state index in [4.69, 9.17) is 9.47 Å². The third-order valence-corrected chi connectivity index (χ3v) is 4.65. The molecule has 3 rings (SSSR count). The number of hydrogen-bond acceptors (Lipinski definition) is 9. The van der Waals surface area contributed by atoms with Gasteiger partial charge in [-0.15, -0.1) is 5.10 Å². The van der Waals surface area contributed by atoms with E-state index in [9.17, 15) is 4.79 Å². The summed E-state index contributed by atoms with van der Waals surface area (Å²) >= 11 is 1.45. The molecular formula is C17H24N8O3S. The number of anilines is 1. The lowest BCUT2D eigenvalue weighted by Gasteiger charge is -2.09. The van der Waals surface area contributed by atoms with Gasteiger partial charge in [0, 0.05) is 33.4 Å². The number of fused-ring (bicyclic) bond motifs is 1. The van der Waals surface area contributed by atoms with E-state index in [2.05, 4.69) is 30.8 Å². The number of aryl methyl sites for hydroxylation is 1. The SMILES string of the molecule is COCCNc1nc(SC)nc2c1cnn2CCNC(=O)c1cn(C)nc1OC. The van der Waals surface area contributed by atoms with Gasteiger partial charge in [0.1, 0.15) is 11.4 Å². The van der Waals surface area contributed by atoms with Crippen LogP contribution in [0.4, 0.5) is 5.82 Å². The van der Waals surface area contributed by atoms with Crippen LogP contribution in [0.3, 0.4) is 0 Å². The molecule has 0 bridgehead atoms. The summed E-state index contributed by atoms with van der Waals surface area (Å²) in [5, 5.41) is 16.1. The van der Waals surface area contributed by atoms with Gasteiger partial charge in [-0.3, -0.25) is 9.48 Å². The highest BCUT2D eigenvalue weighted by atomic mass is 32.2. The summed E-state index contributed by atoms with van der Waals surface area (Å²) in [5.41, 5.74) is 1.09. The lowest BCUT2D eigenvalue weighted by Crippen LogP contribution is -2.27. The minimum atomic E-state index is -0.257. The van der Waals surface area contributed by atoms with Gasteiger partial charge in [-0.05, 0) is 6.26 Å². The van der Waals surface area contributed by atoms with Gasteiger partial charge in [0.2, 0.25) is 5.88 Å². The van der Waals surface area contributed by atoms with Crippen molar-refractivity contribution >= 4 is 34.5 Å². The number of amides is 1. The second kappa shape index (κ2) is 9.56. The molecule has 0 aromatic carbocycles. The summed E-state index contributed by atoms with van der Waals surface area (Å²) in [5.74, 6) is 0.748. The molecule has 3 aromatic rings. The molecule has 29 heavy (non-hydrogen) atoms. The maximum atomic E-state index is 12.4. The van der Waals surface area contributed by atoms with E-state index < -0.39 is 0 Å². The zero-order valence-electron chi connectivity index (χ0n) is 16.8. The number of ether oxygens (including phenoxy) is 2. The van der Waals surface area contributed by atoms with Crippen LogP contribution in [0.1, 0.15) is 10.4 Å². The number of carbonyl (C=O) groups is 1. The van der Waals surface area contributed by atoms with E-state index in [0.717, 1.165) is 5.39 Å². The number of methoxy groups -OCH3 is 2. The first-order valence-corrected chi connectivity index (χ1v) is 10.2. The van der Waals surface area contributed by atoms with Crippen molar-refractivity contribution in [3.63, 3.8) is 0 Å². The van der Waals surface area contributed by atoms with Crippen LogP contribution in [0.25, 0.3) is 11.0 Å². The van der Waals surface area contributed by atoms with Gasteiger partial charge in [0.05, 0.1) is 31.8 Å². The first kappa shape index (κ1) is 20.9. The molecule has 0 unspecified atom stereocenters. The van der Waals surface area contributed by atoms with Crippen LogP contribution >= 0.6 is 11.8 Å². The minimum absolute atomic E-state index is 0.257. The Balaban J connectivity index is 1.71. The Morgan fingerprint density at radius 3 is 2.83 bits per heavy atom. The van der Waals surface area contributed by atoms with Crippen molar-refractivity contribution in [3.8, 4) is 5.88 Å². The van der Waals surface area contributed by atoms with Gasteiger partial charge in [0.25, 0.3) is 5.91 Å². The van der Waals surface area contributed by atoms with Gasteiger partial charge in [-0.25, -0.2) is 14.6 Å². The number of carbonyl (C=O) groups excluding carboxylic acids is 1. The predicted octanol–water partition coefficient (Wildman–Crippen LogP) is 0.779. The number of thioether (sulfide) groups is 1. The van der Waals surface area contributed by atoms with Crippen molar-refractivity contribution in [2.75, 3.05) is 45.5 Å². The monoisotopic (exact) mass is 420 g/mol. The molecule has 0 aliphatic rings. The molecule has 0 radical (unpaired) electrons. The molecule has 11 nitrogen and oxygen atoms in total. The van der Waals surface area contributed by atoms with Gasteiger partial charge in [0.15, 0.2) is 10.8 Å². The molecule has 0 aliphatic carbocycles. The number of nitrogens with one attached hydrogen (secondary N) is 2. The van der Waals surface area contributed by atoms with Gasteiger partial charge >= 0.3 is 0 Å². The van der Waals surface area contributed by atoms with E-state index in [-0.39, 0.29) is 5.91 Å². The van der Waals surface area contributed by atoms with Crippen LogP contribution in [0.15, 0.2) is 17.6 Å². The lowest BCUT2D eigenvalue weighted by atomic mass is 10.3. The number of aromatic nitrogens is 6. The Kier molecular flexibility index (Phi) is 6.88. The first-order chi connectivity index (χ1) is 14.1. The summed E-state index contributed by atoms with van der Waals surface area (Å²) in [7, 11) is 4.87. The fourth-order valence-electron chi connectivity index (χ4n) is 2.74. The number of nitrogens with zero attached hydrogens (tertiary/aromatic N) is 6. The molecule has 3 aromatic heterocycles. The lowest BCUT2D eigenvalue weighted by molar-refractivity contribution is 0.0949. The Bertz CT molecular complexity index is 987. The predicted molar refractivity (Wildman–Crippen MR) is 110 cm³/mol. The molecule has 0 saturated heterocycles. The molecule has 0 spiro atoms. The summed E-state index contributed by atoms with van der Waals surface area (Å²) in [6.45, 7) is 2.03. The highest BCUT2D eigenvalue weighted by Gasteiger charge is 2.17. The van der Waals surface area contributed by atoms with Gasteiger partial charge in [-0.1, -0.05) is 11.8 Å². The number of hydrogen-bond donors (Lipinski definition) is 2. The first-order valence-electron chi connectivity index (χ1n) is 8.93. The molecule has 156 valence electrons. The van der Waals surface area contributed by atoms with E-state index in [1.807, 2.05) is 6.26 Å². The smallest absolute Gasteiger partial charge is 0.258 e. The molecule has 2 N–H and O–H groups in total. The maximum Gasteiger partial charge on any atom is 0.258 e. The third kappa shape index (κ3) is 4.77. The van der Waals surface area contributed by atoms with Crippen LogP contribution in [0.2, 0.25) is 0 Å². The van der Waals surface area contributed by atoms with Crippen LogP contribution in [-0.4, -0.2) is 75.6 Å². The van der Waals surface area contributed by atoms with Crippen LogP contribution in [-0.2, 0) is 18.3 Å². The average molecular weight is 420 g/mol. The van der Waals surface area contributed by atoms with Crippen LogP contribution in [0, 0.1) is 0 Å². The van der Waals surface area contributed by atoms with Crippen molar-refractivity contribution in [1.82, 2.24) is 34.8 Å². The third-order valence-electron chi connectivity index (χ3n) is 4.10. The van der Waals surface area contributed by atoms with E-state index >= 15 is 0 Å². The van der Waals surface area contributed by atoms with Crippen LogP contribution < -0.4 is 15.4 Å². The summed E-state index contributed by atoms with van der Waals surface area (Å²) in [4.78, 5) is 21.5. The van der Waals surface area contributed by atoms with Crippen molar-refractivity contribution in [2.24, 2.45) is 7.05 Å². The van der Waals surface area contributed by atoms with Crippen molar-refractivity contribution in [2.45, 2.75) is 11.7 Å². The number of rotatable bonds is 10. The maximum absolute atomic E-state index is 12.4. The zero-order chi connectivity index (χ0) is 20.8. The van der Waals surface area contributed by atoms with Crippen molar-refractivity contribution in [3.05, 3.63) is 18.0 Å². The van der Waals surface area contributed by atoms with Gasteiger partial charge < -0.3 is 20.1 Å². The Labute approximate surface area is 172 Å². The summed E-state index contributed by atoms with van der Waals surface area (Å²) in [6, 6.07) is 0. The molecule has 3 heterocycles. The standard InChI is InChI=1S/C17H24N8O3S/c1-24-10-12(16(23-24)28-3)15(26)19-5-7-25-14-11(9-20-25)13(18-6-8-27-2)21-17(22-14)29-4/h9-10H,5-8H2,1-4H3,(H,19,26)(H,18,21,22). The molecule has 0 saturated carbocycles. The topological polar surface area (TPSA) is 121 Å². The van der Waals surface area contributed by atoms with E-state index in [1.54, 1.807) is 31.2 Å². The molecule has 12 heteroatoms. The molecule has 1 amide bonds. The average Bonchev–Trinajstić information content (AvgIpc) is 3.31. The molecule has 0 atom stereocenters. The fraction of sp³-hybridized carbons (Fsp3) is 0.471. The zero-order valence-corrected chi connectivity index (χ0v) is 17.6. The van der Waals surface area contributed by atoms with E-state index in [0.29, 0.717) is 54.3 Å². The Hall–Kier alpha value is -2.86. The summed E-state index contributed by atoms with van der Waals surface area (Å²) < 4.78 is 13.5. The molecular weight excluding hydrogens is 396 g/mol. The molecule has 0 aliphatic heterocycles. The normalized spacial score (nSPS) is 11.0. The van der Waals surface area contributed by atoms with Crippen LogP contribution in [0.5, 0.6) is 5.88 Å². The Morgan fingerprint density at radius 1 is 1.28 bits per heavy atom. The quantitative estimate of drug-likeness (QED) is 0.278. The summed E-state index contributed by atoms with van der Waals surface area (Å²) in [6.07, 6.45) is 5.26. The van der Waals surface area contributed by atoms with Crippen molar-refractivity contribution < 1.29 is 14.3 Å². The molecule has 0 fully saturated rings. The van der Waals surface area contributed by atoms with Crippen molar-refractivity contribution in [1.29, 1.82) is 0 Å². The Morgan fingerprint density at radius 2 is 2.10 bits per heavy atom.